The van der Waals surface area contributed by atoms with Crippen molar-refractivity contribution >= 4 is 17.6 Å². The molecule has 2 aliphatic rings. The lowest BCUT2D eigenvalue weighted by Gasteiger charge is -2.22. The van der Waals surface area contributed by atoms with Gasteiger partial charge in [-0.25, -0.2) is 4.79 Å². The normalized spacial score (nSPS) is 28.3. The number of carboxylic acids is 1. The van der Waals surface area contributed by atoms with E-state index in [-0.39, 0.29) is 18.0 Å². The van der Waals surface area contributed by atoms with Crippen molar-refractivity contribution in [2.45, 2.75) is 38.7 Å². The lowest BCUT2D eigenvalue weighted by Crippen LogP contribution is -2.40. The molecule has 2 atom stereocenters. The van der Waals surface area contributed by atoms with Crippen molar-refractivity contribution in [3.8, 4) is 0 Å². The number of amides is 1. The summed E-state index contributed by atoms with van der Waals surface area (Å²) in [6, 6.07) is 0. The minimum absolute atomic E-state index is 0.0697. The molecule has 0 aromatic heterocycles. The molecule has 0 aliphatic carbocycles. The van der Waals surface area contributed by atoms with Crippen molar-refractivity contribution in [2.75, 3.05) is 13.1 Å². The number of carbonyl (C=O) groups is 2. The molecule has 6 nitrogen and oxygen atoms in total. The number of nitrogens with zero attached hydrogens (tertiary/aromatic N) is 2. The number of carbonyl (C=O) groups excluding carboxylic acids is 1. The van der Waals surface area contributed by atoms with E-state index in [1.54, 1.807) is 4.90 Å². The van der Waals surface area contributed by atoms with Crippen LogP contribution in [-0.4, -0.2) is 46.8 Å². The van der Waals surface area contributed by atoms with Gasteiger partial charge in [-0.05, 0) is 25.2 Å². The number of likely N-dealkylation sites (tertiary alicyclic amines) is 1. The second-order valence-corrected chi connectivity index (χ2v) is 5.00. The maximum absolute atomic E-state index is 12.2. The Labute approximate surface area is 106 Å². The minimum Gasteiger partial charge on any atom is -0.477 e. The van der Waals surface area contributed by atoms with Gasteiger partial charge in [0, 0.05) is 19.5 Å². The van der Waals surface area contributed by atoms with E-state index in [4.69, 9.17) is 9.94 Å². The first kappa shape index (κ1) is 12.9. The molecule has 100 valence electrons. The predicted octanol–water partition coefficient (Wildman–Crippen LogP) is 0.865. The van der Waals surface area contributed by atoms with Crippen LogP contribution in [0.2, 0.25) is 0 Å². The Morgan fingerprint density at radius 3 is 2.83 bits per heavy atom. The van der Waals surface area contributed by atoms with E-state index >= 15 is 0 Å². The summed E-state index contributed by atoms with van der Waals surface area (Å²) >= 11 is 0. The summed E-state index contributed by atoms with van der Waals surface area (Å²) in [4.78, 5) is 29.6. The third kappa shape index (κ3) is 2.80. The van der Waals surface area contributed by atoms with Crippen molar-refractivity contribution in [3.05, 3.63) is 0 Å². The fourth-order valence-electron chi connectivity index (χ4n) is 2.32. The quantitative estimate of drug-likeness (QED) is 0.792. The molecule has 2 heterocycles. The summed E-state index contributed by atoms with van der Waals surface area (Å²) < 4.78 is 0. The van der Waals surface area contributed by atoms with Gasteiger partial charge < -0.3 is 14.8 Å². The van der Waals surface area contributed by atoms with Crippen LogP contribution in [0, 0.1) is 5.92 Å². The average Bonchev–Trinajstić information content (AvgIpc) is 2.73. The second-order valence-electron chi connectivity index (χ2n) is 5.00. The third-order valence-corrected chi connectivity index (χ3v) is 3.52. The van der Waals surface area contributed by atoms with E-state index in [0.29, 0.717) is 5.92 Å². The van der Waals surface area contributed by atoms with E-state index in [1.165, 1.54) is 0 Å². The van der Waals surface area contributed by atoms with Crippen molar-refractivity contribution < 1.29 is 19.5 Å². The van der Waals surface area contributed by atoms with Gasteiger partial charge in [0.05, 0.1) is 0 Å². The Morgan fingerprint density at radius 2 is 2.17 bits per heavy atom. The molecule has 0 radical (unpaired) electrons. The number of rotatable bonds is 2. The monoisotopic (exact) mass is 254 g/mol. The summed E-state index contributed by atoms with van der Waals surface area (Å²) in [6.45, 7) is 3.64. The average molecular weight is 254 g/mol. The maximum Gasteiger partial charge on any atom is 0.353 e. The molecule has 6 heteroatoms. The summed E-state index contributed by atoms with van der Waals surface area (Å²) in [6.07, 6.45) is 2.44. The molecule has 1 fully saturated rings. The molecule has 1 amide bonds. The third-order valence-electron chi connectivity index (χ3n) is 3.52. The Hall–Kier alpha value is -1.59. The predicted molar refractivity (Wildman–Crippen MR) is 64.2 cm³/mol. The molecule has 0 saturated carbocycles. The summed E-state index contributed by atoms with van der Waals surface area (Å²) in [5.41, 5.74) is -0.0726. The van der Waals surface area contributed by atoms with Crippen molar-refractivity contribution in [3.63, 3.8) is 0 Å². The number of hydrogen-bond acceptors (Lipinski definition) is 4. The Balaban J connectivity index is 1.91. The van der Waals surface area contributed by atoms with E-state index in [2.05, 4.69) is 12.1 Å². The molecule has 0 spiro atoms. The van der Waals surface area contributed by atoms with Gasteiger partial charge in [0.2, 0.25) is 6.10 Å². The topological polar surface area (TPSA) is 79.2 Å². The number of oxime groups is 1. The Morgan fingerprint density at radius 1 is 1.39 bits per heavy atom. The highest BCUT2D eigenvalue weighted by molar-refractivity contribution is 6.36. The van der Waals surface area contributed by atoms with Gasteiger partial charge in [-0.15, -0.1) is 0 Å². The fourth-order valence-corrected chi connectivity index (χ4v) is 2.32. The molecule has 1 N–H and O–H groups in total. The van der Waals surface area contributed by atoms with Crippen molar-refractivity contribution in [1.82, 2.24) is 4.90 Å². The fraction of sp³-hybridized carbons (Fsp3) is 0.750. The summed E-state index contributed by atoms with van der Waals surface area (Å²) in [5, 5.41) is 12.2. The molecule has 0 aromatic carbocycles. The highest BCUT2D eigenvalue weighted by Crippen LogP contribution is 2.20. The smallest absolute Gasteiger partial charge is 0.353 e. The van der Waals surface area contributed by atoms with E-state index in [9.17, 15) is 9.59 Å². The van der Waals surface area contributed by atoms with Gasteiger partial charge in [-0.3, -0.25) is 4.79 Å². The molecule has 1 saturated heterocycles. The van der Waals surface area contributed by atoms with Gasteiger partial charge in [-0.2, -0.15) is 0 Å². The van der Waals surface area contributed by atoms with Crippen LogP contribution in [0.4, 0.5) is 0 Å². The zero-order chi connectivity index (χ0) is 13.1. The van der Waals surface area contributed by atoms with Gasteiger partial charge in [0.15, 0.2) is 5.71 Å². The SMILES string of the molecule is CC1CCCN(C(=O)C2CC(C(=O)O)=NO2)CC1. The molecule has 2 unspecified atom stereocenters. The first-order valence-electron chi connectivity index (χ1n) is 6.32. The van der Waals surface area contributed by atoms with Crippen LogP contribution in [0.1, 0.15) is 32.6 Å². The highest BCUT2D eigenvalue weighted by Gasteiger charge is 2.34. The lowest BCUT2D eigenvalue weighted by molar-refractivity contribution is -0.142. The zero-order valence-electron chi connectivity index (χ0n) is 10.5. The Bertz CT molecular complexity index is 380. The lowest BCUT2D eigenvalue weighted by atomic mass is 10.0. The van der Waals surface area contributed by atoms with E-state index < -0.39 is 12.1 Å². The molecule has 2 rings (SSSR count). The first-order chi connectivity index (χ1) is 8.58. The van der Waals surface area contributed by atoms with Crippen LogP contribution >= 0.6 is 0 Å². The van der Waals surface area contributed by atoms with E-state index in [1.807, 2.05) is 0 Å². The second kappa shape index (κ2) is 5.37. The van der Waals surface area contributed by atoms with Crippen LogP contribution in [0.5, 0.6) is 0 Å². The van der Waals surface area contributed by atoms with Gasteiger partial charge >= 0.3 is 5.97 Å². The van der Waals surface area contributed by atoms with Crippen LogP contribution in [0.3, 0.4) is 0 Å². The van der Waals surface area contributed by atoms with Crippen LogP contribution < -0.4 is 0 Å². The molecule has 0 bridgehead atoms. The number of aliphatic carboxylic acids is 1. The largest absolute Gasteiger partial charge is 0.477 e. The van der Waals surface area contributed by atoms with Gasteiger partial charge in [0.25, 0.3) is 5.91 Å². The molecular weight excluding hydrogens is 236 g/mol. The summed E-state index contributed by atoms with van der Waals surface area (Å²) in [7, 11) is 0. The van der Waals surface area contributed by atoms with Crippen LogP contribution in [0.25, 0.3) is 0 Å². The van der Waals surface area contributed by atoms with Crippen molar-refractivity contribution in [2.24, 2.45) is 11.1 Å². The number of hydrogen-bond donors (Lipinski definition) is 1. The zero-order valence-corrected chi connectivity index (χ0v) is 10.5. The number of carboxylic acid groups (broad SMARTS) is 1. The molecule has 18 heavy (non-hydrogen) atoms. The molecule has 0 aromatic rings. The molecule has 2 aliphatic heterocycles. The van der Waals surface area contributed by atoms with Gasteiger partial charge in [-0.1, -0.05) is 12.1 Å². The standard InChI is InChI=1S/C12H18N2O4/c1-8-3-2-5-14(6-4-8)11(15)10-7-9(12(16)17)13-18-10/h8,10H,2-7H2,1H3,(H,16,17). The molecular formula is C12H18N2O4. The van der Waals surface area contributed by atoms with Crippen LogP contribution in [0.15, 0.2) is 5.16 Å². The minimum atomic E-state index is -1.12. The Kier molecular flexibility index (Phi) is 3.84. The van der Waals surface area contributed by atoms with Gasteiger partial charge in [0.1, 0.15) is 0 Å². The highest BCUT2D eigenvalue weighted by atomic mass is 16.6. The summed E-state index contributed by atoms with van der Waals surface area (Å²) in [5.74, 6) is -0.614. The van der Waals surface area contributed by atoms with Crippen molar-refractivity contribution in [1.29, 1.82) is 0 Å². The first-order valence-corrected chi connectivity index (χ1v) is 6.32. The maximum atomic E-state index is 12.2. The van der Waals surface area contributed by atoms with Crippen LogP contribution in [-0.2, 0) is 14.4 Å². The van der Waals surface area contributed by atoms with E-state index in [0.717, 1.165) is 32.4 Å².